The fourth-order valence-corrected chi connectivity index (χ4v) is 1.54. The van der Waals surface area contributed by atoms with E-state index in [1.54, 1.807) is 4.68 Å². The molecule has 0 aromatic carbocycles. The molecule has 0 amide bonds. The largest absolute Gasteiger partial charge is 0.371 e. The molecule has 90 valence electrons. The maximum absolute atomic E-state index is 11.9. The summed E-state index contributed by atoms with van der Waals surface area (Å²) in [6, 6.07) is 0.102. The Balaban J connectivity index is 2.85. The number of nitrogens with zero attached hydrogens (tertiary/aromatic N) is 2. The van der Waals surface area contributed by atoms with E-state index in [0.29, 0.717) is 10.7 Å². The van der Waals surface area contributed by atoms with Gasteiger partial charge in [-0.1, -0.05) is 11.6 Å². The Morgan fingerprint density at radius 1 is 1.50 bits per heavy atom. The average Bonchev–Trinajstić information content (AvgIpc) is 2.56. The summed E-state index contributed by atoms with van der Waals surface area (Å²) in [5, 5.41) is 4.45. The van der Waals surface area contributed by atoms with Crippen LogP contribution in [0.25, 0.3) is 0 Å². The number of hydrogen-bond acceptors (Lipinski definition) is 3. The van der Waals surface area contributed by atoms with Gasteiger partial charge in [0.15, 0.2) is 0 Å². The standard InChI is InChI=1S/C11H17ClN2O2/c1-7(2)14-11(9(12)5-13-14)10(15)6-16-8(3)4/h5,7-8H,6H2,1-4H3. The summed E-state index contributed by atoms with van der Waals surface area (Å²) in [6.45, 7) is 7.70. The van der Waals surface area contributed by atoms with Gasteiger partial charge in [-0.3, -0.25) is 9.48 Å². The fourth-order valence-electron chi connectivity index (χ4n) is 1.30. The minimum atomic E-state index is -0.134. The van der Waals surface area contributed by atoms with Crippen LogP contribution in [-0.2, 0) is 4.74 Å². The lowest BCUT2D eigenvalue weighted by molar-refractivity contribution is 0.0575. The molecule has 1 heterocycles. The van der Waals surface area contributed by atoms with Crippen LogP contribution in [0.5, 0.6) is 0 Å². The van der Waals surface area contributed by atoms with Gasteiger partial charge in [-0.2, -0.15) is 5.10 Å². The van der Waals surface area contributed by atoms with Crippen molar-refractivity contribution in [3.63, 3.8) is 0 Å². The van der Waals surface area contributed by atoms with Gasteiger partial charge in [0.05, 0.1) is 17.3 Å². The predicted molar refractivity (Wildman–Crippen MR) is 63.0 cm³/mol. The van der Waals surface area contributed by atoms with Crippen LogP contribution < -0.4 is 0 Å². The van der Waals surface area contributed by atoms with E-state index >= 15 is 0 Å². The number of aromatic nitrogens is 2. The first kappa shape index (κ1) is 13.2. The summed E-state index contributed by atoms with van der Waals surface area (Å²) < 4.78 is 6.89. The minimum Gasteiger partial charge on any atom is -0.371 e. The summed E-state index contributed by atoms with van der Waals surface area (Å²) in [5.41, 5.74) is 0.428. The van der Waals surface area contributed by atoms with Crippen molar-refractivity contribution in [2.75, 3.05) is 6.61 Å². The molecule has 0 radical (unpaired) electrons. The highest BCUT2D eigenvalue weighted by Crippen LogP contribution is 2.19. The van der Waals surface area contributed by atoms with E-state index in [1.165, 1.54) is 6.20 Å². The number of halogens is 1. The van der Waals surface area contributed by atoms with Gasteiger partial charge in [0, 0.05) is 6.04 Å². The molecule has 0 unspecified atom stereocenters. The van der Waals surface area contributed by atoms with E-state index in [1.807, 2.05) is 27.7 Å². The van der Waals surface area contributed by atoms with Crippen molar-refractivity contribution in [1.82, 2.24) is 9.78 Å². The molecule has 0 aliphatic carbocycles. The van der Waals surface area contributed by atoms with E-state index in [4.69, 9.17) is 16.3 Å². The highest BCUT2D eigenvalue weighted by molar-refractivity contribution is 6.33. The van der Waals surface area contributed by atoms with Crippen molar-refractivity contribution in [2.24, 2.45) is 0 Å². The molecule has 0 N–H and O–H groups in total. The van der Waals surface area contributed by atoms with E-state index in [2.05, 4.69) is 5.10 Å². The van der Waals surface area contributed by atoms with Gasteiger partial charge in [0.25, 0.3) is 0 Å². The zero-order chi connectivity index (χ0) is 12.3. The van der Waals surface area contributed by atoms with E-state index in [9.17, 15) is 4.79 Å². The highest BCUT2D eigenvalue weighted by atomic mass is 35.5. The van der Waals surface area contributed by atoms with Crippen molar-refractivity contribution in [2.45, 2.75) is 39.8 Å². The van der Waals surface area contributed by atoms with Crippen molar-refractivity contribution >= 4 is 17.4 Å². The topological polar surface area (TPSA) is 44.1 Å². The Morgan fingerprint density at radius 3 is 2.62 bits per heavy atom. The summed E-state index contributed by atoms with van der Waals surface area (Å²) in [7, 11) is 0. The second-order valence-electron chi connectivity index (χ2n) is 4.16. The Bertz CT molecular complexity index is 372. The van der Waals surface area contributed by atoms with Crippen molar-refractivity contribution < 1.29 is 9.53 Å². The maximum Gasteiger partial charge on any atom is 0.207 e. The quantitative estimate of drug-likeness (QED) is 0.748. The van der Waals surface area contributed by atoms with Crippen molar-refractivity contribution in [3.05, 3.63) is 16.9 Å². The highest BCUT2D eigenvalue weighted by Gasteiger charge is 2.19. The van der Waals surface area contributed by atoms with Crippen LogP contribution in [0, 0.1) is 0 Å². The Morgan fingerprint density at radius 2 is 2.12 bits per heavy atom. The molecule has 0 aliphatic heterocycles. The van der Waals surface area contributed by atoms with E-state index in [-0.39, 0.29) is 24.5 Å². The smallest absolute Gasteiger partial charge is 0.207 e. The molecule has 1 aromatic heterocycles. The Labute approximate surface area is 101 Å². The number of carbonyl (C=O) groups is 1. The molecule has 0 saturated heterocycles. The van der Waals surface area contributed by atoms with Gasteiger partial charge in [0.1, 0.15) is 12.3 Å². The van der Waals surface area contributed by atoms with Crippen LogP contribution in [0.4, 0.5) is 0 Å². The Kier molecular flexibility index (Phi) is 4.50. The molecule has 1 rings (SSSR count). The number of hydrogen-bond donors (Lipinski definition) is 0. The van der Waals surface area contributed by atoms with Crippen LogP contribution in [-0.4, -0.2) is 28.3 Å². The first-order chi connectivity index (χ1) is 7.43. The van der Waals surface area contributed by atoms with Gasteiger partial charge in [0.2, 0.25) is 5.78 Å². The van der Waals surface area contributed by atoms with Crippen LogP contribution in [0.3, 0.4) is 0 Å². The third-order valence-corrected chi connectivity index (χ3v) is 2.33. The first-order valence-corrected chi connectivity index (χ1v) is 5.69. The SMILES string of the molecule is CC(C)OCC(=O)c1c(Cl)cnn1C(C)C. The van der Waals surface area contributed by atoms with E-state index in [0.717, 1.165) is 0 Å². The third kappa shape index (κ3) is 3.06. The normalized spacial score (nSPS) is 11.4. The number of carbonyl (C=O) groups excluding carboxylic acids is 1. The fraction of sp³-hybridized carbons (Fsp3) is 0.636. The van der Waals surface area contributed by atoms with Gasteiger partial charge in [-0.05, 0) is 27.7 Å². The molecular weight excluding hydrogens is 228 g/mol. The van der Waals surface area contributed by atoms with Crippen LogP contribution in [0.2, 0.25) is 5.02 Å². The molecule has 16 heavy (non-hydrogen) atoms. The molecule has 0 aliphatic rings. The lowest BCUT2D eigenvalue weighted by Crippen LogP contribution is -2.19. The average molecular weight is 245 g/mol. The molecule has 0 spiro atoms. The monoisotopic (exact) mass is 244 g/mol. The number of ether oxygens (including phenoxy) is 1. The lowest BCUT2D eigenvalue weighted by Gasteiger charge is -2.11. The summed E-state index contributed by atoms with van der Waals surface area (Å²) >= 11 is 5.94. The molecule has 5 heteroatoms. The molecule has 0 bridgehead atoms. The summed E-state index contributed by atoms with van der Waals surface area (Å²) in [5.74, 6) is -0.134. The molecular formula is C11H17ClN2O2. The first-order valence-electron chi connectivity index (χ1n) is 5.31. The van der Waals surface area contributed by atoms with Gasteiger partial charge >= 0.3 is 0 Å². The molecule has 1 aromatic rings. The second kappa shape index (κ2) is 5.46. The predicted octanol–water partition coefficient (Wildman–Crippen LogP) is 2.73. The Hall–Kier alpha value is -0.870. The molecule has 0 saturated carbocycles. The van der Waals surface area contributed by atoms with Gasteiger partial charge in [-0.25, -0.2) is 0 Å². The molecule has 0 fully saturated rings. The van der Waals surface area contributed by atoms with Crippen molar-refractivity contribution in [3.8, 4) is 0 Å². The molecule has 0 atom stereocenters. The lowest BCUT2D eigenvalue weighted by atomic mass is 10.2. The van der Waals surface area contributed by atoms with Crippen molar-refractivity contribution in [1.29, 1.82) is 0 Å². The summed E-state index contributed by atoms with van der Waals surface area (Å²) in [4.78, 5) is 11.9. The number of ketones is 1. The van der Waals surface area contributed by atoms with Crippen LogP contribution in [0.1, 0.15) is 44.2 Å². The van der Waals surface area contributed by atoms with Crippen LogP contribution in [0.15, 0.2) is 6.20 Å². The molecule has 4 nitrogen and oxygen atoms in total. The second-order valence-corrected chi connectivity index (χ2v) is 4.57. The van der Waals surface area contributed by atoms with Gasteiger partial charge in [-0.15, -0.1) is 0 Å². The third-order valence-electron chi connectivity index (χ3n) is 2.05. The zero-order valence-corrected chi connectivity index (χ0v) is 10.8. The van der Waals surface area contributed by atoms with Crippen LogP contribution >= 0.6 is 11.6 Å². The zero-order valence-electron chi connectivity index (χ0n) is 10.0. The van der Waals surface area contributed by atoms with Gasteiger partial charge < -0.3 is 4.74 Å². The minimum absolute atomic E-state index is 0.0261. The van der Waals surface area contributed by atoms with E-state index < -0.39 is 0 Å². The summed E-state index contributed by atoms with van der Waals surface area (Å²) in [6.07, 6.45) is 1.52. The maximum atomic E-state index is 11.9. The number of rotatable bonds is 5. The number of Topliss-reactive ketones (excluding diaryl/α,β-unsaturated/α-hetero) is 1.